The van der Waals surface area contributed by atoms with Crippen LogP contribution in [0.3, 0.4) is 0 Å². The van der Waals surface area contributed by atoms with Gasteiger partial charge in [-0.1, -0.05) is 6.92 Å². The molecule has 1 aromatic carbocycles. The summed E-state index contributed by atoms with van der Waals surface area (Å²) < 4.78 is 5.90. The number of hydrogen-bond donors (Lipinski definition) is 0. The van der Waals surface area contributed by atoms with Gasteiger partial charge >= 0.3 is 0 Å². The predicted octanol–water partition coefficient (Wildman–Crippen LogP) is 4.09. The highest BCUT2D eigenvalue weighted by molar-refractivity contribution is 5.64. The number of aliphatic imine (C=N–C) groups is 1. The summed E-state index contributed by atoms with van der Waals surface area (Å²) in [6.07, 6.45) is 5.69. The van der Waals surface area contributed by atoms with Crippen LogP contribution in [0.15, 0.2) is 17.1 Å². The van der Waals surface area contributed by atoms with Crippen molar-refractivity contribution in [1.82, 2.24) is 4.90 Å². The Morgan fingerprint density at radius 3 is 2.70 bits per heavy atom. The molecule has 110 valence electrons. The van der Waals surface area contributed by atoms with Crippen molar-refractivity contribution < 1.29 is 4.74 Å². The van der Waals surface area contributed by atoms with E-state index >= 15 is 0 Å². The number of nitrogens with zero attached hydrogens (tertiary/aromatic N) is 2. The molecule has 1 aliphatic rings. The molecule has 0 aliphatic heterocycles. The summed E-state index contributed by atoms with van der Waals surface area (Å²) in [6.45, 7) is 8.25. The highest BCUT2D eigenvalue weighted by atomic mass is 16.5. The van der Waals surface area contributed by atoms with E-state index in [0.717, 1.165) is 36.9 Å². The SMILES string of the molecule is CCCN(C)/C=N/c1cc(C)c(OCC2CC2)cc1C. The fourth-order valence-electron chi connectivity index (χ4n) is 2.13. The Hall–Kier alpha value is -1.51. The van der Waals surface area contributed by atoms with Crippen LogP contribution in [0.4, 0.5) is 5.69 Å². The summed E-state index contributed by atoms with van der Waals surface area (Å²) in [5.41, 5.74) is 3.37. The van der Waals surface area contributed by atoms with E-state index in [1.807, 2.05) is 6.34 Å². The van der Waals surface area contributed by atoms with Crippen molar-refractivity contribution in [2.45, 2.75) is 40.0 Å². The first-order valence-electron chi connectivity index (χ1n) is 7.58. The van der Waals surface area contributed by atoms with E-state index in [4.69, 9.17) is 4.74 Å². The lowest BCUT2D eigenvalue weighted by molar-refractivity contribution is 0.297. The molecule has 0 aromatic heterocycles. The fraction of sp³-hybridized carbons (Fsp3) is 0.588. The third kappa shape index (κ3) is 4.26. The van der Waals surface area contributed by atoms with Crippen LogP contribution in [-0.2, 0) is 0 Å². The van der Waals surface area contributed by atoms with Gasteiger partial charge in [-0.25, -0.2) is 4.99 Å². The van der Waals surface area contributed by atoms with Gasteiger partial charge in [0.05, 0.1) is 18.6 Å². The second-order valence-electron chi connectivity index (χ2n) is 5.88. The third-order valence-electron chi connectivity index (χ3n) is 3.64. The fourth-order valence-corrected chi connectivity index (χ4v) is 2.13. The van der Waals surface area contributed by atoms with Crippen LogP contribution in [0.25, 0.3) is 0 Å². The summed E-state index contributed by atoms with van der Waals surface area (Å²) in [7, 11) is 2.06. The molecule has 1 aromatic rings. The second kappa shape index (κ2) is 6.78. The van der Waals surface area contributed by atoms with E-state index in [0.29, 0.717) is 0 Å². The lowest BCUT2D eigenvalue weighted by atomic mass is 10.1. The topological polar surface area (TPSA) is 24.8 Å². The van der Waals surface area contributed by atoms with Crippen LogP contribution in [-0.4, -0.2) is 31.4 Å². The van der Waals surface area contributed by atoms with Gasteiger partial charge < -0.3 is 9.64 Å². The van der Waals surface area contributed by atoms with Gasteiger partial charge in [-0.3, -0.25) is 0 Å². The van der Waals surface area contributed by atoms with Gasteiger partial charge in [0.1, 0.15) is 5.75 Å². The minimum Gasteiger partial charge on any atom is -0.493 e. The van der Waals surface area contributed by atoms with E-state index < -0.39 is 0 Å². The molecule has 0 radical (unpaired) electrons. The molecule has 1 fully saturated rings. The Bertz CT molecular complexity index is 478. The molecule has 0 unspecified atom stereocenters. The minimum atomic E-state index is 0.787. The van der Waals surface area contributed by atoms with Crippen LogP contribution in [0.5, 0.6) is 5.75 Å². The van der Waals surface area contributed by atoms with Gasteiger partial charge in [-0.05, 0) is 62.3 Å². The zero-order valence-corrected chi connectivity index (χ0v) is 13.1. The Morgan fingerprint density at radius 1 is 1.30 bits per heavy atom. The summed E-state index contributed by atoms with van der Waals surface area (Å²) >= 11 is 0. The van der Waals surface area contributed by atoms with Gasteiger partial charge in [0.15, 0.2) is 0 Å². The largest absolute Gasteiger partial charge is 0.493 e. The maximum Gasteiger partial charge on any atom is 0.122 e. The smallest absolute Gasteiger partial charge is 0.122 e. The molecule has 0 saturated heterocycles. The van der Waals surface area contributed by atoms with E-state index in [2.05, 4.69) is 49.8 Å². The molecule has 2 rings (SSSR count). The molecule has 0 N–H and O–H groups in total. The molecule has 0 amide bonds. The monoisotopic (exact) mass is 274 g/mol. The Kier molecular flexibility index (Phi) is 5.05. The average molecular weight is 274 g/mol. The third-order valence-corrected chi connectivity index (χ3v) is 3.64. The second-order valence-corrected chi connectivity index (χ2v) is 5.88. The predicted molar refractivity (Wildman–Crippen MR) is 85.2 cm³/mol. The minimum absolute atomic E-state index is 0.787. The summed E-state index contributed by atoms with van der Waals surface area (Å²) in [4.78, 5) is 6.70. The normalized spacial score (nSPS) is 14.8. The highest BCUT2D eigenvalue weighted by Gasteiger charge is 2.22. The first kappa shape index (κ1) is 14.9. The van der Waals surface area contributed by atoms with Crippen LogP contribution in [0.1, 0.15) is 37.3 Å². The Morgan fingerprint density at radius 2 is 2.05 bits per heavy atom. The van der Waals surface area contributed by atoms with Crippen molar-refractivity contribution >= 4 is 12.0 Å². The molecule has 3 nitrogen and oxygen atoms in total. The van der Waals surface area contributed by atoms with Crippen LogP contribution in [0.2, 0.25) is 0 Å². The van der Waals surface area contributed by atoms with E-state index in [1.54, 1.807) is 0 Å². The van der Waals surface area contributed by atoms with Crippen molar-refractivity contribution in [1.29, 1.82) is 0 Å². The van der Waals surface area contributed by atoms with Gasteiger partial charge in [0.2, 0.25) is 0 Å². The highest BCUT2D eigenvalue weighted by Crippen LogP contribution is 2.32. The number of aryl methyl sites for hydroxylation is 2. The average Bonchev–Trinajstić information content (AvgIpc) is 3.22. The van der Waals surface area contributed by atoms with E-state index in [-0.39, 0.29) is 0 Å². The molecule has 20 heavy (non-hydrogen) atoms. The molecule has 1 saturated carbocycles. The lowest BCUT2D eigenvalue weighted by Gasteiger charge is -2.13. The molecule has 3 heteroatoms. The summed E-state index contributed by atoms with van der Waals surface area (Å²) in [5, 5.41) is 0. The zero-order chi connectivity index (χ0) is 14.5. The number of benzene rings is 1. The molecular weight excluding hydrogens is 248 g/mol. The van der Waals surface area contributed by atoms with Gasteiger partial charge in [-0.15, -0.1) is 0 Å². The Labute approximate surface area is 122 Å². The zero-order valence-electron chi connectivity index (χ0n) is 13.1. The molecule has 0 heterocycles. The maximum atomic E-state index is 5.90. The standard InChI is InChI=1S/C17H26N2O/c1-5-8-19(4)12-18-16-9-14(3)17(10-13(16)2)20-11-15-6-7-15/h9-10,12,15H,5-8,11H2,1-4H3/b18-12+. The molecule has 0 atom stereocenters. The van der Waals surface area contributed by atoms with Gasteiger partial charge in [0, 0.05) is 13.6 Å². The molecule has 1 aliphatic carbocycles. The van der Waals surface area contributed by atoms with Crippen molar-refractivity contribution in [3.8, 4) is 5.75 Å². The van der Waals surface area contributed by atoms with Crippen LogP contribution < -0.4 is 4.74 Å². The van der Waals surface area contributed by atoms with Crippen LogP contribution >= 0.6 is 0 Å². The molecular formula is C17H26N2O. The van der Waals surface area contributed by atoms with Crippen molar-refractivity contribution in [3.05, 3.63) is 23.3 Å². The molecule has 0 bridgehead atoms. The summed E-state index contributed by atoms with van der Waals surface area (Å²) in [6, 6.07) is 4.23. The van der Waals surface area contributed by atoms with Gasteiger partial charge in [-0.2, -0.15) is 0 Å². The Balaban J connectivity index is 2.04. The number of rotatable bonds is 7. The van der Waals surface area contributed by atoms with Crippen LogP contribution in [0, 0.1) is 19.8 Å². The first-order chi connectivity index (χ1) is 9.60. The number of hydrogen-bond acceptors (Lipinski definition) is 2. The molecule has 0 spiro atoms. The van der Waals surface area contributed by atoms with E-state index in [1.165, 1.54) is 24.0 Å². The number of ether oxygens (including phenoxy) is 1. The van der Waals surface area contributed by atoms with E-state index in [9.17, 15) is 0 Å². The van der Waals surface area contributed by atoms with Crippen molar-refractivity contribution in [3.63, 3.8) is 0 Å². The van der Waals surface area contributed by atoms with Gasteiger partial charge in [0.25, 0.3) is 0 Å². The van der Waals surface area contributed by atoms with Crippen molar-refractivity contribution in [2.75, 3.05) is 20.2 Å². The summed E-state index contributed by atoms with van der Waals surface area (Å²) in [5.74, 6) is 1.80. The quantitative estimate of drug-likeness (QED) is 0.552. The maximum absolute atomic E-state index is 5.90. The van der Waals surface area contributed by atoms with Crippen molar-refractivity contribution in [2.24, 2.45) is 10.9 Å². The lowest BCUT2D eigenvalue weighted by Crippen LogP contribution is -2.16. The first-order valence-corrected chi connectivity index (χ1v) is 7.58.